The highest BCUT2D eigenvalue weighted by Gasteiger charge is 2.34. The molecule has 1 saturated heterocycles. The first-order valence-corrected chi connectivity index (χ1v) is 9.80. The number of amides is 2. The molecule has 0 aromatic heterocycles. The molecule has 0 bridgehead atoms. The Hall–Kier alpha value is -2.06. The number of thioether (sulfide) groups is 1. The van der Waals surface area contributed by atoms with Crippen LogP contribution in [0.5, 0.6) is 5.75 Å². The van der Waals surface area contributed by atoms with Crippen LogP contribution in [0, 0.1) is 3.57 Å². The van der Waals surface area contributed by atoms with Gasteiger partial charge in [-0.15, -0.1) is 0 Å². The van der Waals surface area contributed by atoms with Gasteiger partial charge in [-0.3, -0.25) is 14.5 Å². The van der Waals surface area contributed by atoms with Crippen LogP contribution in [-0.2, 0) is 11.3 Å². The number of ether oxygens (including phenoxy) is 1. The van der Waals surface area contributed by atoms with Crippen LogP contribution in [0.3, 0.4) is 0 Å². The van der Waals surface area contributed by atoms with Crippen molar-refractivity contribution in [1.29, 1.82) is 0 Å². The SMILES string of the molecule is C=CCOc1ccc(/C=C2\SC(=O)N(Cc3ccc(I)cc3)C2=O)cc1. The third-order valence-corrected chi connectivity index (χ3v) is 5.30. The van der Waals surface area contributed by atoms with Gasteiger partial charge in [-0.25, -0.2) is 0 Å². The summed E-state index contributed by atoms with van der Waals surface area (Å²) in [5.41, 5.74) is 1.77. The van der Waals surface area contributed by atoms with Gasteiger partial charge in [0.05, 0.1) is 11.4 Å². The molecule has 2 aromatic rings. The lowest BCUT2D eigenvalue weighted by molar-refractivity contribution is -0.123. The lowest BCUT2D eigenvalue weighted by Gasteiger charge is -2.12. The average molecular weight is 477 g/mol. The predicted molar refractivity (Wildman–Crippen MR) is 113 cm³/mol. The van der Waals surface area contributed by atoms with Gasteiger partial charge in [-0.1, -0.05) is 36.9 Å². The highest BCUT2D eigenvalue weighted by Crippen LogP contribution is 2.33. The number of halogens is 1. The normalized spacial score (nSPS) is 15.6. The molecule has 132 valence electrons. The van der Waals surface area contributed by atoms with Crippen molar-refractivity contribution in [3.63, 3.8) is 0 Å². The van der Waals surface area contributed by atoms with Crippen molar-refractivity contribution in [3.05, 3.63) is 80.8 Å². The van der Waals surface area contributed by atoms with Gasteiger partial charge < -0.3 is 4.74 Å². The molecule has 1 aliphatic heterocycles. The number of nitrogens with zero attached hydrogens (tertiary/aromatic N) is 1. The smallest absolute Gasteiger partial charge is 0.293 e. The van der Waals surface area contributed by atoms with Gasteiger partial charge in [0.2, 0.25) is 0 Å². The molecule has 1 aliphatic rings. The highest BCUT2D eigenvalue weighted by atomic mass is 127. The largest absolute Gasteiger partial charge is 0.490 e. The minimum atomic E-state index is -0.259. The summed E-state index contributed by atoms with van der Waals surface area (Å²) in [6, 6.07) is 15.1. The molecule has 0 saturated carbocycles. The van der Waals surface area contributed by atoms with Crippen molar-refractivity contribution >= 4 is 51.6 Å². The van der Waals surface area contributed by atoms with Crippen molar-refractivity contribution < 1.29 is 14.3 Å². The summed E-state index contributed by atoms with van der Waals surface area (Å²) >= 11 is 3.19. The Balaban J connectivity index is 1.72. The van der Waals surface area contributed by atoms with E-state index in [2.05, 4.69) is 29.2 Å². The number of imide groups is 1. The number of hydrogen-bond acceptors (Lipinski definition) is 4. The van der Waals surface area contributed by atoms with Crippen LogP contribution in [0.2, 0.25) is 0 Å². The third-order valence-electron chi connectivity index (χ3n) is 3.67. The Labute approximate surface area is 170 Å². The molecule has 0 aliphatic carbocycles. The van der Waals surface area contributed by atoms with E-state index in [-0.39, 0.29) is 17.7 Å². The third kappa shape index (κ3) is 4.56. The van der Waals surface area contributed by atoms with Crippen LogP contribution in [0.4, 0.5) is 4.79 Å². The summed E-state index contributed by atoms with van der Waals surface area (Å²) in [6.07, 6.45) is 3.41. The van der Waals surface area contributed by atoms with Gasteiger partial charge in [0.15, 0.2) is 0 Å². The van der Waals surface area contributed by atoms with Crippen LogP contribution in [0.25, 0.3) is 6.08 Å². The minimum Gasteiger partial charge on any atom is -0.490 e. The zero-order chi connectivity index (χ0) is 18.5. The molecular weight excluding hydrogens is 461 g/mol. The molecule has 1 heterocycles. The van der Waals surface area contributed by atoms with Gasteiger partial charge >= 0.3 is 0 Å². The second kappa shape index (κ2) is 8.55. The number of benzene rings is 2. The van der Waals surface area contributed by atoms with Crippen LogP contribution in [0.1, 0.15) is 11.1 Å². The number of carbonyl (C=O) groups excluding carboxylic acids is 2. The summed E-state index contributed by atoms with van der Waals surface area (Å²) < 4.78 is 6.55. The standard InChI is InChI=1S/C20H16INO3S/c1-2-11-25-17-9-5-14(6-10-17)12-18-19(23)22(20(24)26-18)13-15-3-7-16(21)8-4-15/h2-10,12H,1,11,13H2/b18-12-. The molecule has 6 heteroatoms. The maximum Gasteiger partial charge on any atom is 0.293 e. The Morgan fingerprint density at radius 1 is 1.08 bits per heavy atom. The van der Waals surface area contributed by atoms with Crippen molar-refractivity contribution in [2.75, 3.05) is 6.61 Å². The topological polar surface area (TPSA) is 46.6 Å². The predicted octanol–water partition coefficient (Wildman–Crippen LogP) is 5.09. The Morgan fingerprint density at radius 2 is 1.77 bits per heavy atom. The Bertz CT molecular complexity index is 860. The summed E-state index contributed by atoms with van der Waals surface area (Å²) in [4.78, 5) is 26.5. The van der Waals surface area contributed by atoms with Crippen LogP contribution in [0.15, 0.2) is 66.1 Å². The van der Waals surface area contributed by atoms with E-state index < -0.39 is 0 Å². The molecule has 2 amide bonds. The molecule has 0 spiro atoms. The van der Waals surface area contributed by atoms with E-state index in [1.54, 1.807) is 12.2 Å². The zero-order valence-corrected chi connectivity index (χ0v) is 16.8. The molecule has 4 nitrogen and oxygen atoms in total. The van der Waals surface area contributed by atoms with Gasteiger partial charge in [0.1, 0.15) is 12.4 Å². The van der Waals surface area contributed by atoms with Gasteiger partial charge in [-0.2, -0.15) is 0 Å². The monoisotopic (exact) mass is 477 g/mol. The first-order chi connectivity index (χ1) is 12.6. The van der Waals surface area contributed by atoms with Gasteiger partial charge in [0.25, 0.3) is 11.1 Å². The summed E-state index contributed by atoms with van der Waals surface area (Å²) in [6.45, 7) is 4.33. The second-order valence-electron chi connectivity index (χ2n) is 5.56. The summed E-state index contributed by atoms with van der Waals surface area (Å²) in [5.74, 6) is 0.472. The molecule has 2 aromatic carbocycles. The van der Waals surface area contributed by atoms with Crippen molar-refractivity contribution in [3.8, 4) is 5.75 Å². The lowest BCUT2D eigenvalue weighted by atomic mass is 10.2. The second-order valence-corrected chi connectivity index (χ2v) is 7.80. The Morgan fingerprint density at radius 3 is 2.42 bits per heavy atom. The van der Waals surface area contributed by atoms with Gasteiger partial charge in [-0.05, 0) is 75.8 Å². The highest BCUT2D eigenvalue weighted by molar-refractivity contribution is 14.1. The van der Waals surface area contributed by atoms with E-state index in [0.717, 1.165) is 32.2 Å². The Kier molecular flexibility index (Phi) is 6.16. The van der Waals surface area contributed by atoms with Crippen LogP contribution in [-0.4, -0.2) is 22.7 Å². The van der Waals surface area contributed by atoms with E-state index in [9.17, 15) is 9.59 Å². The minimum absolute atomic E-state index is 0.245. The zero-order valence-electron chi connectivity index (χ0n) is 13.9. The first kappa shape index (κ1) is 18.7. The van der Waals surface area contributed by atoms with Crippen LogP contribution >= 0.6 is 34.4 Å². The molecule has 26 heavy (non-hydrogen) atoms. The lowest BCUT2D eigenvalue weighted by Crippen LogP contribution is -2.27. The fourth-order valence-electron chi connectivity index (χ4n) is 2.38. The van der Waals surface area contributed by atoms with Crippen molar-refractivity contribution in [2.45, 2.75) is 6.54 Å². The molecule has 0 unspecified atom stereocenters. The molecular formula is C20H16INO3S. The number of carbonyl (C=O) groups is 2. The summed E-state index contributed by atoms with van der Waals surface area (Å²) in [7, 11) is 0. The van der Waals surface area contributed by atoms with Gasteiger partial charge in [0, 0.05) is 3.57 Å². The molecule has 0 radical (unpaired) electrons. The average Bonchev–Trinajstić information content (AvgIpc) is 2.90. The fraction of sp³-hybridized carbons (Fsp3) is 0.100. The van der Waals surface area contributed by atoms with Crippen molar-refractivity contribution in [1.82, 2.24) is 4.90 Å². The quantitative estimate of drug-likeness (QED) is 0.330. The number of hydrogen-bond donors (Lipinski definition) is 0. The van der Waals surface area contributed by atoms with E-state index in [4.69, 9.17) is 4.74 Å². The first-order valence-electron chi connectivity index (χ1n) is 7.90. The molecule has 0 N–H and O–H groups in total. The maximum absolute atomic E-state index is 12.6. The van der Waals surface area contributed by atoms with E-state index in [0.29, 0.717) is 11.5 Å². The maximum atomic E-state index is 12.6. The van der Waals surface area contributed by atoms with Crippen LogP contribution < -0.4 is 4.74 Å². The van der Waals surface area contributed by atoms with E-state index in [1.165, 1.54) is 4.90 Å². The fourth-order valence-corrected chi connectivity index (χ4v) is 3.57. The molecule has 0 atom stereocenters. The summed E-state index contributed by atoms with van der Waals surface area (Å²) in [5, 5.41) is -0.245. The molecule has 3 rings (SSSR count). The van der Waals surface area contributed by atoms with Crippen molar-refractivity contribution in [2.24, 2.45) is 0 Å². The van der Waals surface area contributed by atoms with E-state index >= 15 is 0 Å². The van der Waals surface area contributed by atoms with E-state index in [1.807, 2.05) is 48.5 Å². The molecule has 1 fully saturated rings. The number of rotatable bonds is 6.